The first-order valence-corrected chi connectivity index (χ1v) is 3.68. The number of ether oxygens (including phenoxy) is 1. The summed E-state index contributed by atoms with van der Waals surface area (Å²) < 4.78 is 5.03. The van der Waals surface area contributed by atoms with Crippen LogP contribution in [0.2, 0.25) is 0 Å². The van der Waals surface area contributed by atoms with E-state index in [1.807, 2.05) is 6.92 Å². The smallest absolute Gasteiger partial charge is 0.100 e. The first-order valence-electron chi connectivity index (χ1n) is 3.68. The quantitative estimate of drug-likeness (QED) is 0.434. The Morgan fingerprint density at radius 2 is 2.27 bits per heavy atom. The zero-order valence-corrected chi connectivity index (χ0v) is 6.92. The maximum Gasteiger partial charge on any atom is 0.100 e. The molecule has 66 valence electrons. The molecule has 0 amide bonds. The Labute approximate surface area is 67.3 Å². The zero-order valence-electron chi connectivity index (χ0n) is 6.92. The van der Waals surface area contributed by atoms with Gasteiger partial charge in [0.05, 0.1) is 19.8 Å². The Morgan fingerprint density at radius 1 is 1.64 bits per heavy atom. The molecule has 0 spiro atoms. The van der Waals surface area contributed by atoms with Crippen LogP contribution in [0.5, 0.6) is 0 Å². The van der Waals surface area contributed by atoms with E-state index in [0.717, 1.165) is 12.0 Å². The van der Waals surface area contributed by atoms with Crippen molar-refractivity contribution in [2.45, 2.75) is 19.4 Å². The average Bonchev–Trinajstić information content (AvgIpc) is 1.97. The van der Waals surface area contributed by atoms with Crippen LogP contribution in [-0.2, 0) is 4.74 Å². The van der Waals surface area contributed by atoms with Crippen molar-refractivity contribution in [2.75, 3.05) is 19.8 Å². The van der Waals surface area contributed by atoms with E-state index in [-0.39, 0.29) is 13.2 Å². The van der Waals surface area contributed by atoms with E-state index in [2.05, 4.69) is 6.58 Å². The maximum absolute atomic E-state index is 8.83. The van der Waals surface area contributed by atoms with Crippen LogP contribution in [0, 0.1) is 0 Å². The van der Waals surface area contributed by atoms with Gasteiger partial charge in [-0.1, -0.05) is 5.57 Å². The van der Waals surface area contributed by atoms with Gasteiger partial charge in [-0.15, -0.1) is 6.58 Å². The van der Waals surface area contributed by atoms with Crippen molar-refractivity contribution in [1.29, 1.82) is 0 Å². The highest BCUT2D eigenvalue weighted by Gasteiger charge is 2.00. The second-order valence-electron chi connectivity index (χ2n) is 2.62. The topological polar surface area (TPSA) is 49.7 Å². The molecule has 0 aromatic heterocycles. The Balaban J connectivity index is 3.08. The lowest BCUT2D eigenvalue weighted by Crippen LogP contribution is -2.19. The van der Waals surface area contributed by atoms with Crippen molar-refractivity contribution in [1.82, 2.24) is 0 Å². The molecule has 1 atom stereocenters. The highest BCUT2D eigenvalue weighted by Crippen LogP contribution is 1.95. The predicted octanol–water partition coefficient (Wildman–Crippen LogP) is 0.322. The van der Waals surface area contributed by atoms with Crippen LogP contribution in [0.1, 0.15) is 13.3 Å². The Kier molecular flexibility index (Phi) is 6.12. The molecular weight excluding hydrogens is 144 g/mol. The van der Waals surface area contributed by atoms with E-state index in [1.54, 1.807) is 0 Å². The van der Waals surface area contributed by atoms with Gasteiger partial charge in [0.1, 0.15) is 6.10 Å². The minimum absolute atomic E-state index is 0.198. The molecule has 11 heavy (non-hydrogen) atoms. The van der Waals surface area contributed by atoms with Gasteiger partial charge in [-0.2, -0.15) is 0 Å². The lowest BCUT2D eigenvalue weighted by Gasteiger charge is -2.07. The third kappa shape index (κ3) is 7.52. The molecule has 2 N–H and O–H groups in total. The van der Waals surface area contributed by atoms with Gasteiger partial charge in [0.25, 0.3) is 0 Å². The van der Waals surface area contributed by atoms with Crippen molar-refractivity contribution in [2.24, 2.45) is 0 Å². The highest BCUT2D eigenvalue weighted by molar-refractivity contribution is 4.87. The fourth-order valence-electron chi connectivity index (χ4n) is 0.518. The zero-order chi connectivity index (χ0) is 8.69. The summed E-state index contributed by atoms with van der Waals surface area (Å²) in [6.45, 7) is 6.14. The van der Waals surface area contributed by atoms with Gasteiger partial charge in [-0.25, -0.2) is 0 Å². The summed E-state index contributed by atoms with van der Waals surface area (Å²) in [5.41, 5.74) is 1.06. The van der Waals surface area contributed by atoms with E-state index < -0.39 is 6.10 Å². The van der Waals surface area contributed by atoms with Gasteiger partial charge in [-0.3, -0.25) is 0 Å². The normalized spacial score (nSPS) is 13.0. The molecule has 0 fully saturated rings. The SMILES string of the molecule is C=C(C)CCOCC(O)CO. The fourth-order valence-corrected chi connectivity index (χ4v) is 0.518. The minimum Gasteiger partial charge on any atom is -0.394 e. The van der Waals surface area contributed by atoms with Gasteiger partial charge < -0.3 is 14.9 Å². The lowest BCUT2D eigenvalue weighted by molar-refractivity contribution is 0.00726. The molecule has 0 saturated heterocycles. The fraction of sp³-hybridized carbons (Fsp3) is 0.750. The van der Waals surface area contributed by atoms with Gasteiger partial charge in [0.2, 0.25) is 0 Å². The van der Waals surface area contributed by atoms with E-state index >= 15 is 0 Å². The maximum atomic E-state index is 8.83. The van der Waals surface area contributed by atoms with Crippen LogP contribution < -0.4 is 0 Å². The van der Waals surface area contributed by atoms with Crippen molar-refractivity contribution < 1.29 is 14.9 Å². The van der Waals surface area contributed by atoms with Crippen LogP contribution >= 0.6 is 0 Å². The standard InChI is InChI=1S/C8H16O3/c1-7(2)3-4-11-6-8(10)5-9/h8-10H,1,3-6H2,2H3. The van der Waals surface area contributed by atoms with Crippen molar-refractivity contribution in [3.63, 3.8) is 0 Å². The van der Waals surface area contributed by atoms with Crippen molar-refractivity contribution in [3.8, 4) is 0 Å². The summed E-state index contributed by atoms with van der Waals surface area (Å²) in [6.07, 6.45) is 0.0538. The van der Waals surface area contributed by atoms with Crippen LogP contribution in [0.25, 0.3) is 0 Å². The summed E-state index contributed by atoms with van der Waals surface area (Å²) in [4.78, 5) is 0. The summed E-state index contributed by atoms with van der Waals surface area (Å²) in [5, 5.41) is 17.2. The van der Waals surface area contributed by atoms with Gasteiger partial charge in [0.15, 0.2) is 0 Å². The van der Waals surface area contributed by atoms with E-state index in [4.69, 9.17) is 14.9 Å². The second-order valence-corrected chi connectivity index (χ2v) is 2.62. The average molecular weight is 160 g/mol. The molecule has 0 aliphatic heterocycles. The van der Waals surface area contributed by atoms with E-state index in [0.29, 0.717) is 6.61 Å². The summed E-state index contributed by atoms with van der Waals surface area (Å²) in [6, 6.07) is 0. The molecule has 0 aromatic carbocycles. The number of hydrogen-bond donors (Lipinski definition) is 2. The van der Waals surface area contributed by atoms with Crippen LogP contribution in [-0.4, -0.2) is 36.1 Å². The number of rotatable bonds is 6. The molecule has 0 bridgehead atoms. The number of aliphatic hydroxyl groups is 2. The molecule has 0 rings (SSSR count). The van der Waals surface area contributed by atoms with Crippen LogP contribution in [0.3, 0.4) is 0 Å². The van der Waals surface area contributed by atoms with E-state index in [1.165, 1.54) is 0 Å². The Morgan fingerprint density at radius 3 is 2.73 bits per heavy atom. The Bertz CT molecular complexity index is 112. The molecule has 0 aliphatic carbocycles. The largest absolute Gasteiger partial charge is 0.394 e. The van der Waals surface area contributed by atoms with Crippen LogP contribution in [0.4, 0.5) is 0 Å². The second kappa shape index (κ2) is 6.34. The van der Waals surface area contributed by atoms with Gasteiger partial charge in [-0.05, 0) is 13.3 Å². The highest BCUT2D eigenvalue weighted by atomic mass is 16.5. The molecule has 0 aromatic rings. The summed E-state index contributed by atoms with van der Waals surface area (Å²) in [7, 11) is 0. The third-order valence-corrected chi connectivity index (χ3v) is 1.19. The van der Waals surface area contributed by atoms with Gasteiger partial charge >= 0.3 is 0 Å². The van der Waals surface area contributed by atoms with E-state index in [9.17, 15) is 0 Å². The minimum atomic E-state index is -0.750. The predicted molar refractivity (Wildman–Crippen MR) is 43.3 cm³/mol. The molecule has 0 radical (unpaired) electrons. The number of aliphatic hydroxyl groups excluding tert-OH is 2. The molecule has 3 nitrogen and oxygen atoms in total. The monoisotopic (exact) mass is 160 g/mol. The molecule has 0 saturated carbocycles. The first-order chi connectivity index (χ1) is 5.16. The summed E-state index contributed by atoms with van der Waals surface area (Å²) in [5.74, 6) is 0. The molecule has 1 unspecified atom stereocenters. The number of hydrogen-bond acceptors (Lipinski definition) is 3. The first kappa shape index (κ1) is 10.6. The lowest BCUT2D eigenvalue weighted by atomic mass is 10.3. The molecular formula is C8H16O3. The van der Waals surface area contributed by atoms with Crippen LogP contribution in [0.15, 0.2) is 12.2 Å². The van der Waals surface area contributed by atoms with Gasteiger partial charge in [0, 0.05) is 0 Å². The Hall–Kier alpha value is -0.380. The molecule has 3 heteroatoms. The summed E-state index contributed by atoms with van der Waals surface area (Å²) >= 11 is 0. The molecule has 0 heterocycles. The van der Waals surface area contributed by atoms with Crippen molar-refractivity contribution in [3.05, 3.63) is 12.2 Å². The van der Waals surface area contributed by atoms with Crippen molar-refractivity contribution >= 4 is 0 Å². The molecule has 0 aliphatic rings. The third-order valence-electron chi connectivity index (χ3n) is 1.19.